The topological polar surface area (TPSA) is 76.8 Å². The van der Waals surface area contributed by atoms with Crippen LogP contribution in [0.5, 0.6) is 0 Å². The number of pyridine rings is 1. The van der Waals surface area contributed by atoms with Gasteiger partial charge in [-0.1, -0.05) is 36.4 Å². The van der Waals surface area contributed by atoms with Crippen LogP contribution in [0.4, 0.5) is 5.69 Å². The molecule has 4 aromatic rings. The zero-order valence-electron chi connectivity index (χ0n) is 20.2. The van der Waals surface area contributed by atoms with E-state index in [9.17, 15) is 8.42 Å². The Morgan fingerprint density at radius 2 is 1.81 bits per heavy atom. The van der Waals surface area contributed by atoms with Gasteiger partial charge < -0.3 is 9.30 Å². The summed E-state index contributed by atoms with van der Waals surface area (Å²) in [6.07, 6.45) is 3.29. The van der Waals surface area contributed by atoms with Crippen LogP contribution in [0.15, 0.2) is 94.4 Å². The first-order valence-electron chi connectivity index (χ1n) is 11.8. The summed E-state index contributed by atoms with van der Waals surface area (Å²) in [5.74, 6) is 0. The average molecular weight is 521 g/mol. The minimum Gasteiger partial charge on any atom is -0.373 e. The first kappa shape index (κ1) is 24.6. The lowest BCUT2D eigenvalue weighted by Crippen LogP contribution is -2.48. The van der Waals surface area contributed by atoms with Gasteiger partial charge in [0, 0.05) is 36.4 Å². The van der Waals surface area contributed by atoms with Gasteiger partial charge in [-0.2, -0.15) is 4.31 Å². The maximum absolute atomic E-state index is 13.5. The van der Waals surface area contributed by atoms with Crippen LogP contribution >= 0.6 is 11.3 Å². The molecule has 0 saturated carbocycles. The Morgan fingerprint density at radius 1 is 1.03 bits per heavy atom. The molecule has 2 aromatic carbocycles. The third-order valence-electron chi connectivity index (χ3n) is 6.00. The highest BCUT2D eigenvalue weighted by Gasteiger charge is 2.32. The predicted molar refractivity (Wildman–Crippen MR) is 142 cm³/mol. The molecule has 3 heterocycles. The summed E-state index contributed by atoms with van der Waals surface area (Å²) in [7, 11) is -3.66. The van der Waals surface area contributed by atoms with Crippen LogP contribution in [0.2, 0.25) is 0 Å². The second kappa shape index (κ2) is 10.5. The number of thiazole rings is 1. The lowest BCUT2D eigenvalue weighted by molar-refractivity contribution is -0.0440. The van der Waals surface area contributed by atoms with Crippen molar-refractivity contribution in [2.75, 3.05) is 13.1 Å². The summed E-state index contributed by atoms with van der Waals surface area (Å²) in [4.78, 5) is 10.2. The summed E-state index contributed by atoms with van der Waals surface area (Å²) in [5.41, 5.74) is 3.61. The fourth-order valence-electron chi connectivity index (χ4n) is 4.38. The van der Waals surface area contributed by atoms with E-state index in [-0.39, 0.29) is 17.1 Å². The van der Waals surface area contributed by atoms with Crippen LogP contribution in [-0.4, -0.2) is 47.6 Å². The van der Waals surface area contributed by atoms with Crippen molar-refractivity contribution in [1.29, 1.82) is 0 Å². The molecule has 0 bridgehead atoms. The van der Waals surface area contributed by atoms with Crippen LogP contribution in [0.1, 0.15) is 19.4 Å². The number of benzene rings is 2. The predicted octanol–water partition coefficient (Wildman–Crippen LogP) is 4.69. The van der Waals surface area contributed by atoms with Crippen molar-refractivity contribution in [2.24, 2.45) is 4.99 Å². The van der Waals surface area contributed by atoms with E-state index in [2.05, 4.69) is 9.55 Å². The Morgan fingerprint density at radius 3 is 2.53 bits per heavy atom. The van der Waals surface area contributed by atoms with Crippen molar-refractivity contribution >= 4 is 27.0 Å². The maximum atomic E-state index is 13.5. The van der Waals surface area contributed by atoms with Crippen LogP contribution in [0, 0.1) is 0 Å². The molecule has 5 rings (SSSR count). The maximum Gasteiger partial charge on any atom is 0.243 e. The van der Waals surface area contributed by atoms with Crippen molar-refractivity contribution < 1.29 is 13.2 Å². The van der Waals surface area contributed by atoms with Gasteiger partial charge in [0.25, 0.3) is 0 Å². The summed E-state index contributed by atoms with van der Waals surface area (Å²) < 4.78 is 36.4. The fourth-order valence-corrected chi connectivity index (χ4v) is 6.95. The van der Waals surface area contributed by atoms with Crippen LogP contribution in [0.3, 0.4) is 0 Å². The minimum absolute atomic E-state index is 0.146. The SMILES string of the molecule is C[C@H]1CN(S(=O)(=O)c2cccc(-c3csc(=Nc4ccccc4)n3Cc3cccnc3)c2)C[C@H](C)O1. The van der Waals surface area contributed by atoms with Crippen LogP contribution in [-0.2, 0) is 21.3 Å². The molecule has 9 heteroatoms. The molecule has 1 aliphatic rings. The Hall–Kier alpha value is -3.11. The number of morpholine rings is 1. The Bertz CT molecular complexity index is 1490. The lowest BCUT2D eigenvalue weighted by Gasteiger charge is -2.34. The number of aromatic nitrogens is 2. The van der Waals surface area contributed by atoms with E-state index in [0.29, 0.717) is 19.6 Å². The average Bonchev–Trinajstić information content (AvgIpc) is 3.26. The second-order valence-corrected chi connectivity index (χ2v) is 11.7. The fraction of sp³-hybridized carbons (Fsp3) is 0.259. The molecule has 0 spiro atoms. The summed E-state index contributed by atoms with van der Waals surface area (Å²) in [6, 6.07) is 20.9. The van der Waals surface area contributed by atoms with E-state index in [4.69, 9.17) is 9.73 Å². The van der Waals surface area contributed by atoms with E-state index in [1.54, 1.807) is 24.4 Å². The molecule has 7 nitrogen and oxygen atoms in total. The molecule has 0 N–H and O–H groups in total. The molecule has 186 valence electrons. The molecular formula is C27H28N4O3S2. The zero-order chi connectivity index (χ0) is 25.1. The molecule has 1 fully saturated rings. The van der Waals surface area contributed by atoms with Gasteiger partial charge in [0.1, 0.15) is 0 Å². The Kier molecular flexibility index (Phi) is 7.15. The quantitative estimate of drug-likeness (QED) is 0.370. The number of hydrogen-bond acceptors (Lipinski definition) is 6. The van der Waals surface area contributed by atoms with Crippen molar-refractivity contribution in [3.8, 4) is 11.3 Å². The van der Waals surface area contributed by atoms with Gasteiger partial charge in [0.2, 0.25) is 10.0 Å². The molecule has 0 amide bonds. The van der Waals surface area contributed by atoms with Gasteiger partial charge in [0.15, 0.2) is 4.80 Å². The van der Waals surface area contributed by atoms with Gasteiger partial charge >= 0.3 is 0 Å². The van der Waals surface area contributed by atoms with Crippen molar-refractivity contribution in [3.05, 3.63) is 94.9 Å². The number of rotatable bonds is 6. The van der Waals surface area contributed by atoms with E-state index < -0.39 is 10.0 Å². The first-order chi connectivity index (χ1) is 17.4. The highest BCUT2D eigenvalue weighted by Crippen LogP contribution is 2.27. The van der Waals surface area contributed by atoms with E-state index in [0.717, 1.165) is 27.3 Å². The molecule has 1 saturated heterocycles. The third-order valence-corrected chi connectivity index (χ3v) is 8.69. The number of sulfonamides is 1. The van der Waals surface area contributed by atoms with Crippen molar-refractivity contribution in [3.63, 3.8) is 0 Å². The molecule has 0 radical (unpaired) electrons. The number of ether oxygens (including phenoxy) is 1. The zero-order valence-corrected chi connectivity index (χ0v) is 21.8. The second-order valence-electron chi connectivity index (χ2n) is 8.91. The normalized spacial score (nSPS) is 19.4. The van der Waals surface area contributed by atoms with E-state index in [1.165, 1.54) is 15.6 Å². The number of nitrogens with zero attached hydrogens (tertiary/aromatic N) is 4. The summed E-state index contributed by atoms with van der Waals surface area (Å²) in [6.45, 7) is 5.05. The monoisotopic (exact) mass is 520 g/mol. The van der Waals surface area contributed by atoms with Gasteiger partial charge in [-0.05, 0) is 49.7 Å². The molecule has 0 aliphatic carbocycles. The van der Waals surface area contributed by atoms with Gasteiger partial charge in [-0.15, -0.1) is 11.3 Å². The standard InChI is InChI=1S/C27H28N4O3S2/c1-20-16-30(17-21(2)34-20)36(32,33)25-12-6-9-23(14-25)26-19-35-27(29-24-10-4-3-5-11-24)31(26)18-22-8-7-13-28-15-22/h3-15,19-21H,16-18H2,1-2H3/t20-,21-/m0/s1. The van der Waals surface area contributed by atoms with Crippen LogP contribution in [0.25, 0.3) is 11.3 Å². The van der Waals surface area contributed by atoms with Crippen LogP contribution < -0.4 is 4.80 Å². The molecule has 36 heavy (non-hydrogen) atoms. The smallest absolute Gasteiger partial charge is 0.243 e. The van der Waals surface area contributed by atoms with E-state index >= 15 is 0 Å². The molecule has 2 atom stereocenters. The summed E-state index contributed by atoms with van der Waals surface area (Å²) in [5, 5.41) is 2.03. The van der Waals surface area contributed by atoms with Gasteiger partial charge in [0.05, 0.1) is 35.0 Å². The van der Waals surface area contributed by atoms with Gasteiger partial charge in [-0.3, -0.25) is 4.98 Å². The third kappa shape index (κ3) is 5.34. The number of hydrogen-bond donors (Lipinski definition) is 0. The van der Waals surface area contributed by atoms with Crippen molar-refractivity contribution in [2.45, 2.75) is 37.5 Å². The minimum atomic E-state index is -3.66. The Labute approximate surface area is 215 Å². The summed E-state index contributed by atoms with van der Waals surface area (Å²) >= 11 is 1.53. The Balaban J connectivity index is 1.57. The van der Waals surface area contributed by atoms with Gasteiger partial charge in [-0.25, -0.2) is 13.4 Å². The molecule has 1 aliphatic heterocycles. The number of para-hydroxylation sites is 1. The molecule has 0 unspecified atom stereocenters. The highest BCUT2D eigenvalue weighted by molar-refractivity contribution is 7.89. The first-order valence-corrected chi connectivity index (χ1v) is 14.1. The van der Waals surface area contributed by atoms with Crippen molar-refractivity contribution in [1.82, 2.24) is 13.9 Å². The largest absolute Gasteiger partial charge is 0.373 e. The molecule has 2 aromatic heterocycles. The highest BCUT2D eigenvalue weighted by atomic mass is 32.2. The molecular weight excluding hydrogens is 492 g/mol. The van der Waals surface area contributed by atoms with E-state index in [1.807, 2.05) is 74.0 Å². The lowest BCUT2D eigenvalue weighted by atomic mass is 10.1.